The normalized spacial score (nSPS) is 11.0. The second kappa shape index (κ2) is 6.32. The van der Waals surface area contributed by atoms with E-state index in [2.05, 4.69) is 28.3 Å². The van der Waals surface area contributed by atoms with Crippen molar-refractivity contribution in [1.29, 1.82) is 0 Å². The molecule has 3 heterocycles. The van der Waals surface area contributed by atoms with Crippen LogP contribution < -0.4 is 5.56 Å². The van der Waals surface area contributed by atoms with Gasteiger partial charge in [0.1, 0.15) is 0 Å². The Kier molecular flexibility index (Phi) is 4.24. The minimum atomic E-state index is 0.0150. The van der Waals surface area contributed by atoms with Crippen LogP contribution in [0.25, 0.3) is 16.1 Å². The van der Waals surface area contributed by atoms with Crippen LogP contribution in [0.4, 0.5) is 0 Å². The van der Waals surface area contributed by atoms with Gasteiger partial charge in [0.25, 0.3) is 5.56 Å². The van der Waals surface area contributed by atoms with E-state index in [1.54, 1.807) is 23.9 Å². The highest BCUT2D eigenvalue weighted by molar-refractivity contribution is 7.13. The van der Waals surface area contributed by atoms with Gasteiger partial charge in [-0.2, -0.15) is 0 Å². The summed E-state index contributed by atoms with van der Waals surface area (Å²) in [5.41, 5.74) is 4.05. The number of aromatic amines is 1. The number of thiophene rings is 1. The fourth-order valence-corrected chi connectivity index (χ4v) is 3.39. The summed E-state index contributed by atoms with van der Waals surface area (Å²) in [5.74, 6) is 0. The fraction of sp³-hybridized carbons (Fsp3) is 0.294. The molecule has 114 valence electrons. The highest BCUT2D eigenvalue weighted by atomic mass is 32.1. The minimum Gasteiger partial charge on any atom is -0.325 e. The molecule has 3 aromatic rings. The van der Waals surface area contributed by atoms with Gasteiger partial charge in [0, 0.05) is 39.5 Å². The van der Waals surface area contributed by atoms with Crippen LogP contribution in [0.1, 0.15) is 31.0 Å². The van der Waals surface area contributed by atoms with Crippen molar-refractivity contribution >= 4 is 11.3 Å². The molecule has 3 rings (SSSR count). The van der Waals surface area contributed by atoms with E-state index in [9.17, 15) is 4.79 Å². The fourth-order valence-electron chi connectivity index (χ4n) is 2.46. The van der Waals surface area contributed by atoms with E-state index in [1.807, 2.05) is 23.8 Å². The number of hydrogen-bond acceptors (Lipinski definition) is 3. The Bertz CT molecular complexity index is 815. The van der Waals surface area contributed by atoms with Crippen molar-refractivity contribution in [3.63, 3.8) is 0 Å². The van der Waals surface area contributed by atoms with Gasteiger partial charge in [-0.15, -0.1) is 11.3 Å². The van der Waals surface area contributed by atoms with Crippen molar-refractivity contribution in [2.45, 2.75) is 33.1 Å². The molecule has 22 heavy (non-hydrogen) atoms. The van der Waals surface area contributed by atoms with Crippen LogP contribution in [0.3, 0.4) is 0 Å². The van der Waals surface area contributed by atoms with Crippen molar-refractivity contribution in [1.82, 2.24) is 14.5 Å². The maximum atomic E-state index is 11.9. The smallest absolute Gasteiger partial charge is 0.251 e. The van der Waals surface area contributed by atoms with Crippen LogP contribution in [0.15, 0.2) is 41.0 Å². The molecule has 0 aliphatic rings. The Morgan fingerprint density at radius 3 is 2.95 bits per heavy atom. The third-order valence-electron chi connectivity index (χ3n) is 3.74. The lowest BCUT2D eigenvalue weighted by Crippen LogP contribution is -2.13. The third-order valence-corrected chi connectivity index (χ3v) is 4.69. The van der Waals surface area contributed by atoms with Gasteiger partial charge >= 0.3 is 0 Å². The van der Waals surface area contributed by atoms with Gasteiger partial charge in [-0.3, -0.25) is 4.79 Å². The molecular formula is C17H19N3OS. The molecule has 0 saturated heterocycles. The summed E-state index contributed by atoms with van der Waals surface area (Å²) in [4.78, 5) is 20.2. The number of rotatable bonds is 5. The van der Waals surface area contributed by atoms with Gasteiger partial charge < -0.3 is 9.55 Å². The Hall–Kier alpha value is -2.14. The van der Waals surface area contributed by atoms with Gasteiger partial charge in [-0.1, -0.05) is 13.3 Å². The van der Waals surface area contributed by atoms with Crippen LogP contribution >= 0.6 is 11.3 Å². The average Bonchev–Trinajstić information content (AvgIpc) is 3.18. The lowest BCUT2D eigenvalue weighted by atomic mass is 10.0. The molecular weight excluding hydrogens is 294 g/mol. The standard InChI is InChI=1S/C17H19N3OS/c1-3-4-5-15-14(8-12(2)17(21)19-15)16-9-13(10-22-16)20-7-6-18-11-20/h6-11H,3-5H2,1-2H3,(H,19,21). The Morgan fingerprint density at radius 1 is 1.36 bits per heavy atom. The number of nitrogens with one attached hydrogen (secondary N) is 1. The van der Waals surface area contributed by atoms with Gasteiger partial charge in [-0.05, 0) is 31.9 Å². The molecule has 1 N–H and O–H groups in total. The van der Waals surface area contributed by atoms with E-state index >= 15 is 0 Å². The molecule has 4 nitrogen and oxygen atoms in total. The first-order valence-electron chi connectivity index (χ1n) is 7.49. The number of H-pyrrole nitrogens is 1. The van der Waals surface area contributed by atoms with Crippen molar-refractivity contribution in [2.24, 2.45) is 0 Å². The summed E-state index contributed by atoms with van der Waals surface area (Å²) in [6, 6.07) is 4.15. The van der Waals surface area contributed by atoms with E-state index in [1.165, 1.54) is 4.88 Å². The first-order chi connectivity index (χ1) is 10.7. The first-order valence-corrected chi connectivity index (χ1v) is 8.37. The Labute approximate surface area is 133 Å². The molecule has 0 aromatic carbocycles. The molecule has 5 heteroatoms. The zero-order valence-corrected chi connectivity index (χ0v) is 13.6. The van der Waals surface area contributed by atoms with Crippen LogP contribution in [0.5, 0.6) is 0 Å². The number of aromatic nitrogens is 3. The van der Waals surface area contributed by atoms with Crippen LogP contribution in [0.2, 0.25) is 0 Å². The second-order valence-electron chi connectivity index (χ2n) is 5.42. The summed E-state index contributed by atoms with van der Waals surface area (Å²) in [6.45, 7) is 4.02. The predicted molar refractivity (Wildman–Crippen MR) is 90.8 cm³/mol. The van der Waals surface area contributed by atoms with Crippen LogP contribution in [-0.4, -0.2) is 14.5 Å². The van der Waals surface area contributed by atoms with Crippen molar-refractivity contribution in [3.05, 3.63) is 57.8 Å². The number of unbranched alkanes of at least 4 members (excludes halogenated alkanes) is 1. The van der Waals surface area contributed by atoms with Crippen LogP contribution in [0, 0.1) is 6.92 Å². The summed E-state index contributed by atoms with van der Waals surface area (Å²) in [6.07, 6.45) is 8.59. The van der Waals surface area contributed by atoms with E-state index in [0.29, 0.717) is 0 Å². The number of imidazole rings is 1. The number of aryl methyl sites for hydroxylation is 2. The molecule has 0 radical (unpaired) electrons. The molecule has 0 aliphatic carbocycles. The zero-order valence-electron chi connectivity index (χ0n) is 12.8. The van der Waals surface area contributed by atoms with E-state index in [-0.39, 0.29) is 5.56 Å². The molecule has 0 atom stereocenters. The van der Waals surface area contributed by atoms with Crippen molar-refractivity contribution in [2.75, 3.05) is 0 Å². The Balaban J connectivity index is 2.03. The first kappa shape index (κ1) is 14.8. The lowest BCUT2D eigenvalue weighted by Gasteiger charge is -2.08. The molecule has 0 aliphatic heterocycles. The zero-order chi connectivity index (χ0) is 15.5. The van der Waals surface area contributed by atoms with Gasteiger partial charge in [-0.25, -0.2) is 4.98 Å². The number of nitrogens with zero attached hydrogens (tertiary/aromatic N) is 2. The SMILES string of the molecule is CCCCc1[nH]c(=O)c(C)cc1-c1cc(-n2ccnc2)cs1. The maximum Gasteiger partial charge on any atom is 0.251 e. The lowest BCUT2D eigenvalue weighted by molar-refractivity contribution is 0.774. The topological polar surface area (TPSA) is 50.7 Å². The molecule has 0 spiro atoms. The molecule has 3 aromatic heterocycles. The highest BCUT2D eigenvalue weighted by Crippen LogP contribution is 2.31. The van der Waals surface area contributed by atoms with Gasteiger partial charge in [0.05, 0.1) is 12.0 Å². The quantitative estimate of drug-likeness (QED) is 0.775. The third kappa shape index (κ3) is 2.90. The van der Waals surface area contributed by atoms with E-state index < -0.39 is 0 Å². The van der Waals surface area contributed by atoms with E-state index in [4.69, 9.17) is 0 Å². The minimum absolute atomic E-state index is 0.0150. The number of pyridine rings is 1. The molecule has 0 saturated carbocycles. The number of hydrogen-bond donors (Lipinski definition) is 1. The molecule has 0 unspecified atom stereocenters. The van der Waals surface area contributed by atoms with Crippen molar-refractivity contribution in [3.8, 4) is 16.1 Å². The molecule has 0 fully saturated rings. The largest absolute Gasteiger partial charge is 0.325 e. The maximum absolute atomic E-state index is 11.9. The van der Waals surface area contributed by atoms with Crippen molar-refractivity contribution < 1.29 is 0 Å². The molecule has 0 amide bonds. The van der Waals surface area contributed by atoms with Gasteiger partial charge in [0.15, 0.2) is 0 Å². The molecule has 0 bridgehead atoms. The van der Waals surface area contributed by atoms with Gasteiger partial charge in [0.2, 0.25) is 0 Å². The summed E-state index contributed by atoms with van der Waals surface area (Å²) in [7, 11) is 0. The monoisotopic (exact) mass is 313 g/mol. The van der Waals surface area contributed by atoms with E-state index in [0.717, 1.165) is 41.8 Å². The summed E-state index contributed by atoms with van der Waals surface area (Å²) in [5, 5.41) is 2.11. The summed E-state index contributed by atoms with van der Waals surface area (Å²) < 4.78 is 1.99. The highest BCUT2D eigenvalue weighted by Gasteiger charge is 2.11. The average molecular weight is 313 g/mol. The van der Waals surface area contributed by atoms with Crippen LogP contribution in [-0.2, 0) is 6.42 Å². The predicted octanol–water partition coefficient (Wildman–Crippen LogP) is 3.94. The second-order valence-corrected chi connectivity index (χ2v) is 6.33. The Morgan fingerprint density at radius 2 is 2.23 bits per heavy atom. The summed E-state index contributed by atoms with van der Waals surface area (Å²) >= 11 is 1.69.